The Hall–Kier alpha value is -1.79. The minimum absolute atomic E-state index is 0.00717. The minimum atomic E-state index is -0.159. The quantitative estimate of drug-likeness (QED) is 0.864. The van der Waals surface area contributed by atoms with Gasteiger partial charge in [-0.2, -0.15) is 0 Å². The maximum Gasteiger partial charge on any atom is 0.242 e. The van der Waals surface area contributed by atoms with Gasteiger partial charge in [0.25, 0.3) is 0 Å². The fourth-order valence-electron chi connectivity index (χ4n) is 2.42. The van der Waals surface area contributed by atoms with Gasteiger partial charge in [-0.3, -0.25) is 9.59 Å². The van der Waals surface area contributed by atoms with Gasteiger partial charge in [-0.1, -0.05) is 18.5 Å². The van der Waals surface area contributed by atoms with E-state index < -0.39 is 0 Å². The predicted octanol–water partition coefficient (Wildman–Crippen LogP) is 2.35. The summed E-state index contributed by atoms with van der Waals surface area (Å²) in [5, 5.41) is 6.23. The lowest BCUT2D eigenvalue weighted by molar-refractivity contribution is -0.136. The third-order valence-corrected chi connectivity index (χ3v) is 3.99. The van der Waals surface area contributed by atoms with Crippen molar-refractivity contribution in [3.05, 3.63) is 23.2 Å². The highest BCUT2D eigenvalue weighted by Crippen LogP contribution is 2.25. The van der Waals surface area contributed by atoms with E-state index in [1.165, 1.54) is 6.92 Å². The van der Waals surface area contributed by atoms with Crippen LogP contribution in [0.15, 0.2) is 18.2 Å². The van der Waals surface area contributed by atoms with Crippen molar-refractivity contribution in [2.24, 2.45) is 0 Å². The molecule has 7 heteroatoms. The first kappa shape index (κ1) is 17.6. The van der Waals surface area contributed by atoms with Gasteiger partial charge in [0.15, 0.2) is 0 Å². The Labute approximate surface area is 141 Å². The molecule has 0 saturated carbocycles. The van der Waals surface area contributed by atoms with Crippen LogP contribution >= 0.6 is 11.6 Å². The van der Waals surface area contributed by atoms with Crippen LogP contribution in [0.2, 0.25) is 5.02 Å². The van der Waals surface area contributed by atoms with Gasteiger partial charge in [-0.15, -0.1) is 0 Å². The Morgan fingerprint density at radius 3 is 2.91 bits per heavy atom. The normalized spacial score (nSPS) is 17.7. The zero-order valence-corrected chi connectivity index (χ0v) is 14.2. The molecule has 2 amide bonds. The van der Waals surface area contributed by atoms with Gasteiger partial charge in [0, 0.05) is 25.7 Å². The van der Waals surface area contributed by atoms with Crippen LogP contribution < -0.4 is 10.6 Å². The standard InChI is InChI=1S/C16H22ClN3O3/c1-3-13-10-20(6-7-23-13)16(22)9-18-15-8-12(19-11(2)21)4-5-14(15)17/h4-5,8,13,18H,3,6-7,9-10H2,1-2H3,(H,19,21)/t13-/m0/s1. The van der Waals surface area contributed by atoms with E-state index in [0.717, 1.165) is 6.42 Å². The summed E-state index contributed by atoms with van der Waals surface area (Å²) in [6.07, 6.45) is 1.00. The van der Waals surface area contributed by atoms with E-state index in [4.69, 9.17) is 16.3 Å². The van der Waals surface area contributed by atoms with Crippen molar-refractivity contribution in [3.63, 3.8) is 0 Å². The summed E-state index contributed by atoms with van der Waals surface area (Å²) in [7, 11) is 0. The van der Waals surface area contributed by atoms with Crippen LogP contribution in [0.5, 0.6) is 0 Å². The zero-order chi connectivity index (χ0) is 16.8. The molecule has 1 atom stereocenters. The molecule has 0 bridgehead atoms. The van der Waals surface area contributed by atoms with Crippen LogP contribution in [0.4, 0.5) is 11.4 Å². The second-order valence-electron chi connectivity index (χ2n) is 5.47. The molecule has 1 aromatic carbocycles. The molecule has 0 radical (unpaired) electrons. The molecule has 126 valence electrons. The van der Waals surface area contributed by atoms with Crippen LogP contribution in [-0.4, -0.2) is 49.1 Å². The molecule has 0 aliphatic carbocycles. The molecule has 0 unspecified atom stereocenters. The molecule has 1 saturated heterocycles. The van der Waals surface area contributed by atoms with E-state index >= 15 is 0 Å². The monoisotopic (exact) mass is 339 g/mol. The van der Waals surface area contributed by atoms with Crippen molar-refractivity contribution in [1.29, 1.82) is 0 Å². The van der Waals surface area contributed by atoms with Crippen LogP contribution in [0.3, 0.4) is 0 Å². The number of nitrogens with zero attached hydrogens (tertiary/aromatic N) is 1. The van der Waals surface area contributed by atoms with E-state index in [2.05, 4.69) is 10.6 Å². The minimum Gasteiger partial charge on any atom is -0.375 e. The topological polar surface area (TPSA) is 70.7 Å². The lowest BCUT2D eigenvalue weighted by Crippen LogP contribution is -2.47. The van der Waals surface area contributed by atoms with Gasteiger partial charge < -0.3 is 20.3 Å². The largest absolute Gasteiger partial charge is 0.375 e. The first-order valence-electron chi connectivity index (χ1n) is 7.70. The van der Waals surface area contributed by atoms with Gasteiger partial charge in [0.05, 0.1) is 30.0 Å². The molecule has 6 nitrogen and oxygen atoms in total. The average molecular weight is 340 g/mol. The second-order valence-corrected chi connectivity index (χ2v) is 5.88. The lowest BCUT2D eigenvalue weighted by Gasteiger charge is -2.32. The number of nitrogens with one attached hydrogen (secondary N) is 2. The fraction of sp³-hybridized carbons (Fsp3) is 0.500. The summed E-state index contributed by atoms with van der Waals surface area (Å²) in [4.78, 5) is 25.2. The number of carbonyl (C=O) groups is 2. The Morgan fingerprint density at radius 1 is 1.43 bits per heavy atom. The van der Waals surface area contributed by atoms with Crippen LogP contribution in [0, 0.1) is 0 Å². The number of rotatable bonds is 5. The Balaban J connectivity index is 1.94. The van der Waals surface area contributed by atoms with Crippen molar-refractivity contribution < 1.29 is 14.3 Å². The molecule has 1 fully saturated rings. The molecule has 2 rings (SSSR count). The Bertz CT molecular complexity index is 580. The Morgan fingerprint density at radius 2 is 2.22 bits per heavy atom. The van der Waals surface area contributed by atoms with E-state index in [-0.39, 0.29) is 24.5 Å². The molecule has 0 spiro atoms. The predicted molar refractivity (Wildman–Crippen MR) is 90.9 cm³/mol. The van der Waals surface area contributed by atoms with E-state index in [1.807, 2.05) is 6.92 Å². The summed E-state index contributed by atoms with van der Waals surface area (Å²) in [6.45, 7) is 5.44. The van der Waals surface area contributed by atoms with E-state index in [1.54, 1.807) is 23.1 Å². The number of benzene rings is 1. The number of morpholine rings is 1. The number of carbonyl (C=O) groups excluding carboxylic acids is 2. The summed E-state index contributed by atoms with van der Waals surface area (Å²) in [6, 6.07) is 5.11. The van der Waals surface area contributed by atoms with Crippen molar-refractivity contribution in [3.8, 4) is 0 Å². The van der Waals surface area contributed by atoms with Crippen molar-refractivity contribution >= 4 is 34.8 Å². The molecular weight excluding hydrogens is 318 g/mol. The van der Waals surface area contributed by atoms with Crippen LogP contribution in [0.1, 0.15) is 20.3 Å². The number of hydrogen-bond acceptors (Lipinski definition) is 4. The number of anilines is 2. The third-order valence-electron chi connectivity index (χ3n) is 3.66. The summed E-state index contributed by atoms with van der Waals surface area (Å²) in [5.41, 5.74) is 1.25. The van der Waals surface area contributed by atoms with Gasteiger partial charge >= 0.3 is 0 Å². The molecule has 0 aromatic heterocycles. The van der Waals surface area contributed by atoms with E-state index in [0.29, 0.717) is 36.1 Å². The molecular formula is C16H22ClN3O3. The molecule has 1 aliphatic heterocycles. The summed E-state index contributed by atoms with van der Waals surface area (Å²) >= 11 is 6.13. The average Bonchev–Trinajstić information content (AvgIpc) is 2.54. The highest BCUT2D eigenvalue weighted by atomic mass is 35.5. The molecule has 1 aliphatic rings. The zero-order valence-electron chi connectivity index (χ0n) is 13.4. The number of halogens is 1. The Kier molecular flexibility index (Phi) is 6.24. The smallest absolute Gasteiger partial charge is 0.242 e. The van der Waals surface area contributed by atoms with E-state index in [9.17, 15) is 9.59 Å². The maximum absolute atomic E-state index is 12.3. The first-order chi connectivity index (χ1) is 11.0. The number of ether oxygens (including phenoxy) is 1. The molecule has 2 N–H and O–H groups in total. The van der Waals surface area contributed by atoms with Crippen molar-refractivity contribution in [1.82, 2.24) is 4.90 Å². The van der Waals surface area contributed by atoms with Gasteiger partial charge in [-0.05, 0) is 24.6 Å². The lowest BCUT2D eigenvalue weighted by atomic mass is 10.2. The fourth-order valence-corrected chi connectivity index (χ4v) is 2.60. The van der Waals surface area contributed by atoms with Crippen LogP contribution in [0.25, 0.3) is 0 Å². The maximum atomic E-state index is 12.3. The number of amides is 2. The van der Waals surface area contributed by atoms with Crippen LogP contribution in [-0.2, 0) is 14.3 Å². The molecule has 1 heterocycles. The highest BCUT2D eigenvalue weighted by Gasteiger charge is 2.22. The number of hydrogen-bond donors (Lipinski definition) is 2. The van der Waals surface area contributed by atoms with Crippen molar-refractivity contribution in [2.75, 3.05) is 36.9 Å². The molecule has 23 heavy (non-hydrogen) atoms. The summed E-state index contributed by atoms with van der Waals surface area (Å²) < 4.78 is 5.57. The van der Waals surface area contributed by atoms with Gasteiger partial charge in [0.2, 0.25) is 11.8 Å². The SMILES string of the molecule is CC[C@H]1CN(C(=O)CNc2cc(NC(C)=O)ccc2Cl)CCO1. The van der Waals surface area contributed by atoms with Gasteiger partial charge in [0.1, 0.15) is 0 Å². The molecule has 1 aromatic rings. The van der Waals surface area contributed by atoms with Gasteiger partial charge in [-0.25, -0.2) is 0 Å². The third kappa shape index (κ3) is 5.11. The highest BCUT2D eigenvalue weighted by molar-refractivity contribution is 6.33. The first-order valence-corrected chi connectivity index (χ1v) is 8.07. The van der Waals surface area contributed by atoms with Crippen molar-refractivity contribution in [2.45, 2.75) is 26.4 Å². The summed E-state index contributed by atoms with van der Waals surface area (Å²) in [5.74, 6) is -0.152. The second kappa shape index (κ2) is 8.17.